The zero-order valence-corrected chi connectivity index (χ0v) is 17.7. The number of amides is 1. The fourth-order valence-electron chi connectivity index (χ4n) is 2.39. The summed E-state index contributed by atoms with van der Waals surface area (Å²) in [4.78, 5) is 15.6. The first kappa shape index (κ1) is 22.0. The molecule has 0 radical (unpaired) electrons. The molecule has 0 atom stereocenters. The quantitative estimate of drug-likeness (QED) is 0.330. The lowest BCUT2D eigenvalue weighted by molar-refractivity contribution is 0.0972. The molecule has 0 aliphatic rings. The van der Waals surface area contributed by atoms with E-state index in [1.807, 2.05) is 25.1 Å². The second-order valence-electron chi connectivity index (χ2n) is 6.43. The van der Waals surface area contributed by atoms with Crippen LogP contribution in [0.2, 0.25) is 0 Å². The largest absolute Gasteiger partial charge is 0.454 e. The lowest BCUT2D eigenvalue weighted by atomic mass is 9.85. The van der Waals surface area contributed by atoms with Crippen LogP contribution in [0.5, 0.6) is 0 Å². The number of furan rings is 1. The van der Waals surface area contributed by atoms with Gasteiger partial charge in [-0.15, -0.1) is 24.0 Å². The predicted molar refractivity (Wildman–Crippen MR) is 115 cm³/mol. The number of nitrogens with one attached hydrogen (secondary N) is 2. The van der Waals surface area contributed by atoms with E-state index in [-0.39, 0.29) is 35.2 Å². The number of nitrogens with two attached hydrogens (primary N) is 1. The Labute approximate surface area is 171 Å². The van der Waals surface area contributed by atoms with Crippen molar-refractivity contribution in [1.82, 2.24) is 10.6 Å². The second kappa shape index (κ2) is 10.2. The summed E-state index contributed by atoms with van der Waals surface area (Å²) >= 11 is 0. The number of primary amides is 1. The normalized spacial score (nSPS) is 11.6. The number of rotatable bonds is 7. The van der Waals surface area contributed by atoms with Crippen LogP contribution in [0.3, 0.4) is 0 Å². The third kappa shape index (κ3) is 6.36. The maximum atomic E-state index is 11.1. The maximum Gasteiger partial charge on any atom is 0.284 e. The van der Waals surface area contributed by atoms with Crippen molar-refractivity contribution in [2.24, 2.45) is 10.7 Å². The first-order chi connectivity index (χ1) is 11.9. The number of benzene rings is 1. The van der Waals surface area contributed by atoms with Gasteiger partial charge in [-0.05, 0) is 24.6 Å². The van der Waals surface area contributed by atoms with Gasteiger partial charge in [0.05, 0.1) is 0 Å². The standard InChI is InChI=1S/C19H26N4O2.HI/c1-4-21-18(22-12-15-10-11-16(25-15)17(20)24)23-13-19(2,3)14-8-6-5-7-9-14;/h5-11H,4,12-13H2,1-3H3,(H2,20,24)(H2,21,22,23);1H. The minimum absolute atomic E-state index is 0. The van der Waals surface area contributed by atoms with Gasteiger partial charge in [-0.25, -0.2) is 4.99 Å². The first-order valence-electron chi connectivity index (χ1n) is 8.38. The van der Waals surface area contributed by atoms with Crippen LogP contribution in [0.1, 0.15) is 42.6 Å². The number of nitrogens with zero attached hydrogens (tertiary/aromatic N) is 1. The Hall–Kier alpha value is -2.03. The van der Waals surface area contributed by atoms with Crippen molar-refractivity contribution in [2.45, 2.75) is 32.7 Å². The Kier molecular flexibility index (Phi) is 8.64. The van der Waals surface area contributed by atoms with Crippen molar-refractivity contribution in [3.8, 4) is 0 Å². The Balaban J connectivity index is 0.00000338. The predicted octanol–water partition coefficient (Wildman–Crippen LogP) is 3.03. The highest BCUT2D eigenvalue weighted by Gasteiger charge is 2.20. The van der Waals surface area contributed by atoms with Gasteiger partial charge >= 0.3 is 0 Å². The molecule has 1 aromatic carbocycles. The van der Waals surface area contributed by atoms with Gasteiger partial charge in [-0.1, -0.05) is 44.2 Å². The number of aliphatic imine (C=N–C) groups is 1. The van der Waals surface area contributed by atoms with Gasteiger partial charge in [0.15, 0.2) is 11.7 Å². The minimum Gasteiger partial charge on any atom is -0.454 e. The lowest BCUT2D eigenvalue weighted by Gasteiger charge is -2.26. The highest BCUT2D eigenvalue weighted by atomic mass is 127. The van der Waals surface area contributed by atoms with Crippen molar-refractivity contribution in [1.29, 1.82) is 0 Å². The van der Waals surface area contributed by atoms with Crippen LogP contribution in [-0.2, 0) is 12.0 Å². The summed E-state index contributed by atoms with van der Waals surface area (Å²) in [5.74, 6) is 0.857. The molecule has 0 saturated carbocycles. The van der Waals surface area contributed by atoms with Gasteiger partial charge in [0, 0.05) is 18.5 Å². The van der Waals surface area contributed by atoms with E-state index >= 15 is 0 Å². The second-order valence-corrected chi connectivity index (χ2v) is 6.43. The van der Waals surface area contributed by atoms with Crippen LogP contribution in [0.25, 0.3) is 0 Å². The van der Waals surface area contributed by atoms with Gasteiger partial charge in [0.1, 0.15) is 12.3 Å². The highest BCUT2D eigenvalue weighted by Crippen LogP contribution is 2.21. The van der Waals surface area contributed by atoms with Crippen molar-refractivity contribution >= 4 is 35.8 Å². The lowest BCUT2D eigenvalue weighted by Crippen LogP contribution is -2.43. The molecule has 4 N–H and O–H groups in total. The fraction of sp³-hybridized carbons (Fsp3) is 0.368. The molecule has 0 aliphatic heterocycles. The number of hydrogen-bond donors (Lipinski definition) is 3. The molecule has 0 fully saturated rings. The van der Waals surface area contributed by atoms with E-state index in [1.54, 1.807) is 12.1 Å². The van der Waals surface area contributed by atoms with E-state index in [2.05, 4.69) is 41.6 Å². The topological polar surface area (TPSA) is 92.6 Å². The number of halogens is 1. The summed E-state index contributed by atoms with van der Waals surface area (Å²) in [6, 6.07) is 13.6. The minimum atomic E-state index is -0.579. The van der Waals surface area contributed by atoms with E-state index < -0.39 is 5.91 Å². The van der Waals surface area contributed by atoms with Gasteiger partial charge in [-0.3, -0.25) is 4.79 Å². The Morgan fingerprint density at radius 2 is 1.85 bits per heavy atom. The Bertz CT molecular complexity index is 726. The van der Waals surface area contributed by atoms with Crippen LogP contribution in [0.15, 0.2) is 51.9 Å². The van der Waals surface area contributed by atoms with E-state index in [0.29, 0.717) is 18.3 Å². The monoisotopic (exact) mass is 470 g/mol. The Morgan fingerprint density at radius 1 is 1.15 bits per heavy atom. The highest BCUT2D eigenvalue weighted by molar-refractivity contribution is 14.0. The molecule has 1 aromatic heterocycles. The summed E-state index contributed by atoms with van der Waals surface area (Å²) in [5, 5.41) is 6.58. The molecule has 2 aromatic rings. The molecule has 1 amide bonds. The van der Waals surface area contributed by atoms with E-state index in [9.17, 15) is 4.79 Å². The molecule has 0 bridgehead atoms. The fourth-order valence-corrected chi connectivity index (χ4v) is 2.39. The molecule has 0 spiro atoms. The third-order valence-electron chi connectivity index (χ3n) is 3.89. The maximum absolute atomic E-state index is 11.1. The number of carbonyl (C=O) groups is 1. The molecule has 6 nitrogen and oxygen atoms in total. The van der Waals surface area contributed by atoms with Gasteiger partial charge < -0.3 is 20.8 Å². The van der Waals surface area contributed by atoms with Crippen LogP contribution in [0, 0.1) is 0 Å². The molecular weight excluding hydrogens is 443 g/mol. The number of carbonyl (C=O) groups excluding carboxylic acids is 1. The zero-order chi connectivity index (χ0) is 18.3. The summed E-state index contributed by atoms with van der Waals surface area (Å²) in [6.45, 7) is 8.19. The van der Waals surface area contributed by atoms with Crippen molar-refractivity contribution in [3.05, 3.63) is 59.5 Å². The molecule has 0 aliphatic carbocycles. The SMILES string of the molecule is CCNC(=NCc1ccc(C(N)=O)o1)NCC(C)(C)c1ccccc1.I. The summed E-state index contributed by atoms with van der Waals surface area (Å²) < 4.78 is 5.35. The molecular formula is C19H27IN4O2. The van der Waals surface area contributed by atoms with Gasteiger partial charge in [0.25, 0.3) is 5.91 Å². The van der Waals surface area contributed by atoms with E-state index in [4.69, 9.17) is 10.2 Å². The van der Waals surface area contributed by atoms with Crippen LogP contribution < -0.4 is 16.4 Å². The Morgan fingerprint density at radius 3 is 2.42 bits per heavy atom. The molecule has 2 rings (SSSR count). The molecule has 7 heteroatoms. The third-order valence-corrected chi connectivity index (χ3v) is 3.89. The summed E-state index contributed by atoms with van der Waals surface area (Å²) in [6.07, 6.45) is 0. The number of guanidine groups is 1. The molecule has 142 valence electrons. The first-order valence-corrected chi connectivity index (χ1v) is 8.38. The molecule has 26 heavy (non-hydrogen) atoms. The smallest absolute Gasteiger partial charge is 0.284 e. The average molecular weight is 470 g/mol. The molecule has 1 heterocycles. The van der Waals surface area contributed by atoms with Crippen LogP contribution in [0.4, 0.5) is 0 Å². The van der Waals surface area contributed by atoms with E-state index in [0.717, 1.165) is 13.1 Å². The van der Waals surface area contributed by atoms with Crippen LogP contribution >= 0.6 is 24.0 Å². The van der Waals surface area contributed by atoms with Gasteiger partial charge in [0.2, 0.25) is 0 Å². The molecule has 0 unspecified atom stereocenters. The van der Waals surface area contributed by atoms with Crippen molar-refractivity contribution in [3.63, 3.8) is 0 Å². The van der Waals surface area contributed by atoms with Crippen LogP contribution in [-0.4, -0.2) is 25.0 Å². The molecule has 0 saturated heterocycles. The van der Waals surface area contributed by atoms with E-state index in [1.165, 1.54) is 5.56 Å². The average Bonchev–Trinajstić information content (AvgIpc) is 3.07. The summed E-state index contributed by atoms with van der Waals surface area (Å²) in [5.41, 5.74) is 6.41. The van der Waals surface area contributed by atoms with Crippen molar-refractivity contribution in [2.75, 3.05) is 13.1 Å². The zero-order valence-electron chi connectivity index (χ0n) is 15.4. The van der Waals surface area contributed by atoms with Crippen molar-refractivity contribution < 1.29 is 9.21 Å². The number of hydrogen-bond acceptors (Lipinski definition) is 3. The summed E-state index contributed by atoms with van der Waals surface area (Å²) in [7, 11) is 0. The van der Waals surface area contributed by atoms with Gasteiger partial charge in [-0.2, -0.15) is 0 Å².